The van der Waals surface area contributed by atoms with Crippen molar-refractivity contribution in [2.24, 2.45) is 5.92 Å². The van der Waals surface area contributed by atoms with Crippen molar-refractivity contribution < 1.29 is 14.7 Å². The van der Waals surface area contributed by atoms with Gasteiger partial charge in [-0.1, -0.05) is 48.5 Å². The molecule has 1 N–H and O–H groups in total. The van der Waals surface area contributed by atoms with Crippen molar-refractivity contribution in [2.75, 3.05) is 13.1 Å². The lowest BCUT2D eigenvalue weighted by molar-refractivity contribution is -0.141. The molecule has 0 aliphatic carbocycles. The molecule has 6 heteroatoms. The number of para-hydroxylation sites is 1. The zero-order valence-electron chi connectivity index (χ0n) is 14.2. The van der Waals surface area contributed by atoms with E-state index >= 15 is 0 Å². The van der Waals surface area contributed by atoms with E-state index in [1.54, 1.807) is 15.8 Å². The first-order chi connectivity index (χ1) is 12.6. The van der Waals surface area contributed by atoms with Crippen molar-refractivity contribution in [2.45, 2.75) is 12.5 Å². The van der Waals surface area contributed by atoms with E-state index in [9.17, 15) is 14.7 Å². The van der Waals surface area contributed by atoms with Crippen molar-refractivity contribution in [3.05, 3.63) is 66.4 Å². The molecular formula is C20H19N3O3. The Kier molecular flexibility index (Phi) is 4.16. The second-order valence-corrected chi connectivity index (χ2v) is 6.62. The summed E-state index contributed by atoms with van der Waals surface area (Å²) in [6.07, 6.45) is 1.74. The molecule has 132 valence electrons. The molecule has 6 nitrogen and oxygen atoms in total. The number of rotatable bonds is 4. The monoisotopic (exact) mass is 349 g/mol. The van der Waals surface area contributed by atoms with Crippen LogP contribution in [0.15, 0.2) is 60.8 Å². The molecule has 26 heavy (non-hydrogen) atoms. The summed E-state index contributed by atoms with van der Waals surface area (Å²) in [7, 11) is 0. The molecule has 0 spiro atoms. The molecule has 2 atom stereocenters. The molecule has 1 amide bonds. The SMILES string of the molecule is O=C(O)[C@@H]1CN(C(=O)Cn2ncc3ccccc32)C[C@H]1c1ccccc1. The largest absolute Gasteiger partial charge is 0.481 e. The standard InChI is InChI=1S/C20H19N3O3/c24-19(13-23-18-9-5-4-8-15(18)10-21-23)22-11-16(17(12-22)20(25)26)14-6-2-1-3-7-14/h1-10,16-17H,11-13H2,(H,25,26)/t16-,17+/m0/s1. The maximum atomic E-state index is 12.8. The van der Waals surface area contributed by atoms with Gasteiger partial charge in [0.25, 0.3) is 0 Å². The Bertz CT molecular complexity index is 951. The van der Waals surface area contributed by atoms with Crippen LogP contribution >= 0.6 is 0 Å². The number of carbonyl (C=O) groups is 2. The Morgan fingerprint density at radius 3 is 2.54 bits per heavy atom. The summed E-state index contributed by atoms with van der Waals surface area (Å²) < 4.78 is 1.67. The first kappa shape index (κ1) is 16.3. The molecule has 0 radical (unpaired) electrons. The minimum atomic E-state index is -0.862. The molecule has 2 aromatic carbocycles. The molecule has 1 aliphatic rings. The molecule has 1 aromatic heterocycles. The third-order valence-corrected chi connectivity index (χ3v) is 5.05. The quantitative estimate of drug-likeness (QED) is 0.785. The van der Waals surface area contributed by atoms with Crippen molar-refractivity contribution in [3.63, 3.8) is 0 Å². The van der Waals surface area contributed by atoms with E-state index in [0.29, 0.717) is 6.54 Å². The molecule has 1 saturated heterocycles. The minimum absolute atomic E-state index is 0.108. The van der Waals surface area contributed by atoms with E-state index < -0.39 is 11.9 Å². The smallest absolute Gasteiger partial charge is 0.308 e. The van der Waals surface area contributed by atoms with E-state index in [-0.39, 0.29) is 24.9 Å². The Morgan fingerprint density at radius 2 is 1.77 bits per heavy atom. The van der Waals surface area contributed by atoms with Gasteiger partial charge in [-0.3, -0.25) is 14.3 Å². The van der Waals surface area contributed by atoms with Crippen LogP contribution in [0.25, 0.3) is 10.9 Å². The number of benzene rings is 2. The summed E-state index contributed by atoms with van der Waals surface area (Å²) in [5.74, 6) is -1.75. The number of carboxylic acid groups (broad SMARTS) is 1. The van der Waals surface area contributed by atoms with Gasteiger partial charge in [0.15, 0.2) is 0 Å². The van der Waals surface area contributed by atoms with Crippen LogP contribution in [-0.4, -0.2) is 44.8 Å². The molecule has 0 saturated carbocycles. The first-order valence-corrected chi connectivity index (χ1v) is 8.59. The highest BCUT2D eigenvalue weighted by atomic mass is 16.4. The molecule has 4 rings (SSSR count). The molecule has 0 unspecified atom stereocenters. The van der Waals surface area contributed by atoms with Crippen LogP contribution in [0, 0.1) is 5.92 Å². The number of hydrogen-bond acceptors (Lipinski definition) is 3. The number of amides is 1. The van der Waals surface area contributed by atoms with Crippen LogP contribution < -0.4 is 0 Å². The summed E-state index contributed by atoms with van der Waals surface area (Å²) in [6, 6.07) is 17.3. The highest BCUT2D eigenvalue weighted by Gasteiger charge is 2.40. The highest BCUT2D eigenvalue weighted by Crippen LogP contribution is 2.33. The number of fused-ring (bicyclic) bond motifs is 1. The van der Waals surface area contributed by atoms with Crippen LogP contribution in [0.1, 0.15) is 11.5 Å². The summed E-state index contributed by atoms with van der Waals surface area (Å²) in [4.78, 5) is 26.1. The minimum Gasteiger partial charge on any atom is -0.481 e. The lowest BCUT2D eigenvalue weighted by atomic mass is 9.89. The fraction of sp³-hybridized carbons (Fsp3) is 0.250. The van der Waals surface area contributed by atoms with Crippen molar-refractivity contribution in [3.8, 4) is 0 Å². The van der Waals surface area contributed by atoms with E-state index in [0.717, 1.165) is 16.5 Å². The molecule has 3 aromatic rings. The Balaban J connectivity index is 1.54. The fourth-order valence-corrected chi connectivity index (χ4v) is 3.68. The summed E-state index contributed by atoms with van der Waals surface area (Å²) in [5, 5.41) is 14.9. The number of carboxylic acids is 1. The topological polar surface area (TPSA) is 75.4 Å². The van der Waals surface area contributed by atoms with Crippen LogP contribution in [0.5, 0.6) is 0 Å². The van der Waals surface area contributed by atoms with Gasteiger partial charge in [0, 0.05) is 24.4 Å². The second-order valence-electron chi connectivity index (χ2n) is 6.62. The third kappa shape index (κ3) is 2.94. The van der Waals surface area contributed by atoms with Gasteiger partial charge in [-0.15, -0.1) is 0 Å². The van der Waals surface area contributed by atoms with Gasteiger partial charge < -0.3 is 10.0 Å². The lowest BCUT2D eigenvalue weighted by Gasteiger charge is -2.17. The molecule has 1 fully saturated rings. The van der Waals surface area contributed by atoms with Crippen LogP contribution in [0.3, 0.4) is 0 Å². The molecule has 2 heterocycles. The summed E-state index contributed by atoms with van der Waals surface area (Å²) >= 11 is 0. The van der Waals surface area contributed by atoms with Gasteiger partial charge in [-0.2, -0.15) is 5.10 Å². The zero-order chi connectivity index (χ0) is 18.1. The summed E-state index contributed by atoms with van der Waals surface area (Å²) in [5.41, 5.74) is 1.86. The Morgan fingerprint density at radius 1 is 1.04 bits per heavy atom. The van der Waals surface area contributed by atoms with E-state index in [1.165, 1.54) is 0 Å². The number of aliphatic carboxylic acids is 1. The molecule has 0 bridgehead atoms. The molecular weight excluding hydrogens is 330 g/mol. The second kappa shape index (κ2) is 6.63. The zero-order valence-corrected chi connectivity index (χ0v) is 14.2. The Labute approximate surface area is 150 Å². The van der Waals surface area contributed by atoms with Gasteiger partial charge in [0.1, 0.15) is 6.54 Å². The number of likely N-dealkylation sites (tertiary alicyclic amines) is 1. The number of nitrogens with zero attached hydrogens (tertiary/aromatic N) is 3. The van der Waals surface area contributed by atoms with Gasteiger partial charge in [0.2, 0.25) is 5.91 Å². The van der Waals surface area contributed by atoms with Crippen molar-refractivity contribution in [1.82, 2.24) is 14.7 Å². The summed E-state index contributed by atoms with van der Waals surface area (Å²) in [6.45, 7) is 0.757. The average molecular weight is 349 g/mol. The number of hydrogen-bond donors (Lipinski definition) is 1. The maximum Gasteiger partial charge on any atom is 0.308 e. The highest BCUT2D eigenvalue weighted by molar-refractivity contribution is 5.83. The first-order valence-electron chi connectivity index (χ1n) is 8.59. The van der Waals surface area contributed by atoms with Crippen LogP contribution in [0.4, 0.5) is 0 Å². The van der Waals surface area contributed by atoms with Crippen LogP contribution in [0.2, 0.25) is 0 Å². The maximum absolute atomic E-state index is 12.8. The predicted octanol–water partition coefficient (Wildman–Crippen LogP) is 2.36. The van der Waals surface area contributed by atoms with E-state index in [2.05, 4.69) is 5.10 Å². The number of carbonyl (C=O) groups excluding carboxylic acids is 1. The number of aromatic nitrogens is 2. The van der Waals surface area contributed by atoms with Gasteiger partial charge in [0.05, 0.1) is 17.6 Å². The fourth-order valence-electron chi connectivity index (χ4n) is 3.68. The van der Waals surface area contributed by atoms with Crippen molar-refractivity contribution >= 4 is 22.8 Å². The normalized spacial score (nSPS) is 19.8. The van der Waals surface area contributed by atoms with Gasteiger partial charge >= 0.3 is 5.97 Å². The van der Waals surface area contributed by atoms with Gasteiger partial charge in [-0.05, 0) is 11.6 Å². The van der Waals surface area contributed by atoms with Gasteiger partial charge in [-0.25, -0.2) is 0 Å². The third-order valence-electron chi connectivity index (χ3n) is 5.05. The van der Waals surface area contributed by atoms with E-state index in [1.807, 2.05) is 54.6 Å². The molecule has 1 aliphatic heterocycles. The Hall–Kier alpha value is -3.15. The average Bonchev–Trinajstić information content (AvgIpc) is 3.28. The van der Waals surface area contributed by atoms with E-state index in [4.69, 9.17) is 0 Å². The lowest BCUT2D eigenvalue weighted by Crippen LogP contribution is -2.33. The van der Waals surface area contributed by atoms with Crippen molar-refractivity contribution in [1.29, 1.82) is 0 Å². The predicted molar refractivity (Wildman–Crippen MR) is 96.6 cm³/mol. The van der Waals surface area contributed by atoms with Crippen LogP contribution in [-0.2, 0) is 16.1 Å².